The van der Waals surface area contributed by atoms with Crippen LogP contribution in [0.15, 0.2) is 0 Å². The number of alkyl carbamates (subject to hydrolysis) is 1. The smallest absolute Gasteiger partial charge is 0.407 e. The molecule has 2 atom stereocenters. The molecule has 1 fully saturated rings. The van der Waals surface area contributed by atoms with E-state index in [-0.39, 0.29) is 24.6 Å². The lowest BCUT2D eigenvalue weighted by Gasteiger charge is -2.08. The molecule has 72 valence electrons. The molecule has 0 aromatic rings. The first-order valence-electron chi connectivity index (χ1n) is 3.70. The summed E-state index contributed by atoms with van der Waals surface area (Å²) in [4.78, 5) is 12.7. The van der Waals surface area contributed by atoms with Crippen molar-refractivity contribution < 1.29 is 9.53 Å². The Kier molecular flexibility index (Phi) is 4.34. The fourth-order valence-corrected chi connectivity index (χ4v) is 1.03. The SMILES string of the molecule is CNC(=O)O[C@@H]1C[C@H]1N(C)C.Cl. The van der Waals surface area contributed by atoms with Crippen molar-refractivity contribution in [1.29, 1.82) is 0 Å². The fourth-order valence-electron chi connectivity index (χ4n) is 1.03. The van der Waals surface area contributed by atoms with Gasteiger partial charge in [-0.3, -0.25) is 0 Å². The average molecular weight is 195 g/mol. The topological polar surface area (TPSA) is 41.6 Å². The molecule has 0 bridgehead atoms. The minimum absolute atomic E-state index is 0. The van der Waals surface area contributed by atoms with E-state index in [0.29, 0.717) is 6.04 Å². The second-order valence-electron chi connectivity index (χ2n) is 2.96. The number of nitrogens with one attached hydrogen (secondary N) is 1. The van der Waals surface area contributed by atoms with Crippen molar-refractivity contribution in [3.63, 3.8) is 0 Å². The third-order valence-corrected chi connectivity index (χ3v) is 1.83. The largest absolute Gasteiger partial charge is 0.445 e. The number of halogens is 1. The summed E-state index contributed by atoms with van der Waals surface area (Å²) in [5, 5.41) is 2.42. The fraction of sp³-hybridized carbons (Fsp3) is 0.857. The Morgan fingerprint density at radius 2 is 2.17 bits per heavy atom. The molecule has 1 rings (SSSR count). The number of hydrogen-bond donors (Lipinski definition) is 1. The molecule has 1 N–H and O–H groups in total. The number of rotatable bonds is 2. The van der Waals surface area contributed by atoms with Crippen molar-refractivity contribution in [2.75, 3.05) is 21.1 Å². The molecule has 0 unspecified atom stereocenters. The van der Waals surface area contributed by atoms with Gasteiger partial charge in [0.25, 0.3) is 0 Å². The van der Waals surface area contributed by atoms with E-state index in [2.05, 4.69) is 10.2 Å². The zero-order valence-electron chi connectivity index (χ0n) is 7.53. The van der Waals surface area contributed by atoms with Crippen LogP contribution in [0.4, 0.5) is 4.79 Å². The van der Waals surface area contributed by atoms with E-state index in [1.807, 2.05) is 14.1 Å². The molecule has 12 heavy (non-hydrogen) atoms. The molecule has 0 heterocycles. The highest BCUT2D eigenvalue weighted by atomic mass is 35.5. The molecule has 0 aromatic carbocycles. The summed E-state index contributed by atoms with van der Waals surface area (Å²) in [6.45, 7) is 0. The van der Waals surface area contributed by atoms with Gasteiger partial charge in [-0.05, 0) is 14.1 Å². The number of carbonyl (C=O) groups is 1. The van der Waals surface area contributed by atoms with Crippen LogP contribution in [0.25, 0.3) is 0 Å². The van der Waals surface area contributed by atoms with E-state index in [9.17, 15) is 4.79 Å². The summed E-state index contributed by atoms with van der Waals surface area (Å²) < 4.78 is 4.99. The number of nitrogens with zero attached hydrogens (tertiary/aromatic N) is 1. The summed E-state index contributed by atoms with van der Waals surface area (Å²) in [7, 11) is 5.53. The van der Waals surface area contributed by atoms with E-state index in [1.165, 1.54) is 0 Å². The summed E-state index contributed by atoms with van der Waals surface area (Å²) in [5.74, 6) is 0. The number of carbonyl (C=O) groups excluding carboxylic acids is 1. The van der Waals surface area contributed by atoms with Gasteiger partial charge in [-0.1, -0.05) is 0 Å². The van der Waals surface area contributed by atoms with Crippen LogP contribution in [0.2, 0.25) is 0 Å². The van der Waals surface area contributed by atoms with Gasteiger partial charge in [0.2, 0.25) is 0 Å². The molecule has 0 aliphatic heterocycles. The van der Waals surface area contributed by atoms with E-state index in [4.69, 9.17) is 4.74 Å². The predicted molar refractivity (Wildman–Crippen MR) is 48.7 cm³/mol. The number of hydrogen-bond acceptors (Lipinski definition) is 3. The predicted octanol–water partition coefficient (Wildman–Crippen LogP) is 0.467. The molecule has 5 heteroatoms. The highest BCUT2D eigenvalue weighted by molar-refractivity contribution is 5.85. The lowest BCUT2D eigenvalue weighted by atomic mass is 10.6. The van der Waals surface area contributed by atoms with Crippen molar-refractivity contribution >= 4 is 18.5 Å². The first-order chi connectivity index (χ1) is 5.15. The second-order valence-corrected chi connectivity index (χ2v) is 2.96. The molecule has 4 nitrogen and oxygen atoms in total. The van der Waals surface area contributed by atoms with Crippen LogP contribution in [0.5, 0.6) is 0 Å². The third kappa shape index (κ3) is 2.87. The van der Waals surface area contributed by atoms with Crippen molar-refractivity contribution in [1.82, 2.24) is 10.2 Å². The van der Waals surface area contributed by atoms with Gasteiger partial charge in [0.1, 0.15) is 6.10 Å². The molecule has 0 radical (unpaired) electrons. The van der Waals surface area contributed by atoms with Crippen LogP contribution >= 0.6 is 12.4 Å². The maximum absolute atomic E-state index is 10.7. The van der Waals surface area contributed by atoms with Crippen LogP contribution in [-0.4, -0.2) is 44.3 Å². The number of amides is 1. The van der Waals surface area contributed by atoms with Crippen LogP contribution < -0.4 is 5.32 Å². The standard InChI is InChI=1S/C7H14N2O2.ClH/c1-8-7(10)11-6-4-5(6)9(2)3;/h5-6H,4H2,1-3H3,(H,8,10);1H/t5-,6-;/m1./s1. The lowest BCUT2D eigenvalue weighted by Crippen LogP contribution is -2.25. The van der Waals surface area contributed by atoms with Crippen LogP contribution in [0.1, 0.15) is 6.42 Å². The van der Waals surface area contributed by atoms with Crippen LogP contribution in [0, 0.1) is 0 Å². The van der Waals surface area contributed by atoms with Gasteiger partial charge in [0.15, 0.2) is 0 Å². The normalized spacial score (nSPS) is 26.0. The summed E-state index contributed by atoms with van der Waals surface area (Å²) in [6, 6.07) is 0.423. The third-order valence-electron chi connectivity index (χ3n) is 1.83. The molecule has 1 saturated carbocycles. The Labute approximate surface area is 78.7 Å². The quantitative estimate of drug-likeness (QED) is 0.695. The van der Waals surface area contributed by atoms with Gasteiger partial charge in [0, 0.05) is 19.5 Å². The molecule has 0 spiro atoms. The average Bonchev–Trinajstić information content (AvgIpc) is 2.67. The summed E-state index contributed by atoms with van der Waals surface area (Å²) >= 11 is 0. The first-order valence-corrected chi connectivity index (χ1v) is 3.70. The first kappa shape index (κ1) is 11.5. The van der Waals surface area contributed by atoms with Gasteiger partial charge in [-0.2, -0.15) is 0 Å². The Bertz CT molecular complexity index is 163. The van der Waals surface area contributed by atoms with E-state index in [1.54, 1.807) is 7.05 Å². The van der Waals surface area contributed by atoms with E-state index in [0.717, 1.165) is 6.42 Å². The Morgan fingerprint density at radius 3 is 2.50 bits per heavy atom. The van der Waals surface area contributed by atoms with Crippen molar-refractivity contribution in [2.45, 2.75) is 18.6 Å². The maximum atomic E-state index is 10.7. The van der Waals surface area contributed by atoms with Gasteiger partial charge in [0.05, 0.1) is 0 Å². The van der Waals surface area contributed by atoms with Crippen LogP contribution in [0.3, 0.4) is 0 Å². The Morgan fingerprint density at radius 1 is 1.58 bits per heavy atom. The van der Waals surface area contributed by atoms with Gasteiger partial charge >= 0.3 is 6.09 Å². The van der Waals surface area contributed by atoms with Crippen molar-refractivity contribution in [3.8, 4) is 0 Å². The molecule has 0 aromatic heterocycles. The highest BCUT2D eigenvalue weighted by Crippen LogP contribution is 2.29. The second kappa shape index (κ2) is 4.52. The van der Waals surface area contributed by atoms with Gasteiger partial charge < -0.3 is 15.0 Å². The van der Waals surface area contributed by atoms with Crippen molar-refractivity contribution in [2.24, 2.45) is 0 Å². The molecule has 1 aliphatic carbocycles. The number of likely N-dealkylation sites (N-methyl/N-ethyl adjacent to an activating group) is 1. The minimum atomic E-state index is -0.334. The van der Waals surface area contributed by atoms with E-state index < -0.39 is 0 Å². The number of ether oxygens (including phenoxy) is 1. The lowest BCUT2D eigenvalue weighted by molar-refractivity contribution is 0.130. The molecule has 1 aliphatic rings. The molecular weight excluding hydrogens is 180 g/mol. The van der Waals surface area contributed by atoms with E-state index >= 15 is 0 Å². The van der Waals surface area contributed by atoms with Gasteiger partial charge in [-0.15, -0.1) is 12.4 Å². The molecular formula is C7H15ClN2O2. The maximum Gasteiger partial charge on any atom is 0.407 e. The van der Waals surface area contributed by atoms with Crippen LogP contribution in [-0.2, 0) is 4.74 Å². The molecule has 0 saturated heterocycles. The monoisotopic (exact) mass is 194 g/mol. The Hall–Kier alpha value is -0.480. The summed E-state index contributed by atoms with van der Waals surface area (Å²) in [5.41, 5.74) is 0. The zero-order valence-corrected chi connectivity index (χ0v) is 8.35. The Balaban J connectivity index is 0.00000121. The van der Waals surface area contributed by atoms with Crippen molar-refractivity contribution in [3.05, 3.63) is 0 Å². The van der Waals surface area contributed by atoms with Gasteiger partial charge in [-0.25, -0.2) is 4.79 Å². The zero-order chi connectivity index (χ0) is 8.43. The highest BCUT2D eigenvalue weighted by Gasteiger charge is 2.42. The summed E-state index contributed by atoms with van der Waals surface area (Å²) in [6.07, 6.45) is 0.727. The molecule has 1 amide bonds. The minimum Gasteiger partial charge on any atom is -0.445 e.